The number of hydrogen-bond donors (Lipinski definition) is 2. The largest absolute Gasteiger partial charge is 0.497 e. The number of methoxy groups -OCH3 is 1. The Bertz CT molecular complexity index is 325. The summed E-state index contributed by atoms with van der Waals surface area (Å²) in [5, 5.41) is 11.3. The highest BCUT2D eigenvalue weighted by Crippen LogP contribution is 2.12. The molecule has 0 aromatic heterocycles. The molecule has 0 spiro atoms. The minimum absolute atomic E-state index is 0.0817. The molecule has 2 N–H and O–H groups in total. The van der Waals surface area contributed by atoms with E-state index < -0.39 is 0 Å². The summed E-state index contributed by atoms with van der Waals surface area (Å²) in [7, 11) is 1.56. The molecular weight excluding hydrogens is 194 g/mol. The summed E-state index contributed by atoms with van der Waals surface area (Å²) >= 11 is 0. The van der Waals surface area contributed by atoms with Gasteiger partial charge < -0.3 is 15.2 Å². The van der Waals surface area contributed by atoms with Crippen LogP contribution in [0.4, 0.5) is 0 Å². The number of benzene rings is 1. The van der Waals surface area contributed by atoms with Crippen LogP contribution in [0.2, 0.25) is 0 Å². The third-order valence-corrected chi connectivity index (χ3v) is 1.95. The molecule has 0 atom stereocenters. The number of carbonyl (C=O) groups excluding carboxylic acids is 1. The van der Waals surface area contributed by atoms with Crippen LogP contribution in [0.3, 0.4) is 0 Å². The molecule has 4 nitrogen and oxygen atoms in total. The molecule has 0 heterocycles. The Balaban J connectivity index is 2.57. The van der Waals surface area contributed by atoms with Crippen LogP contribution in [0.25, 0.3) is 0 Å². The smallest absolute Gasteiger partial charge is 0.251 e. The predicted octanol–water partition coefficient (Wildman–Crippen LogP) is 0.807. The molecule has 0 fully saturated rings. The van der Waals surface area contributed by atoms with Crippen molar-refractivity contribution in [2.24, 2.45) is 0 Å². The van der Waals surface area contributed by atoms with Crippen molar-refractivity contribution in [1.82, 2.24) is 5.32 Å². The van der Waals surface area contributed by atoms with E-state index in [4.69, 9.17) is 9.84 Å². The molecule has 4 heteroatoms. The lowest BCUT2D eigenvalue weighted by Gasteiger charge is -2.05. The molecular formula is C11H15NO3. The summed E-state index contributed by atoms with van der Waals surface area (Å²) in [6.45, 7) is 0.560. The van der Waals surface area contributed by atoms with Gasteiger partial charge in [0.1, 0.15) is 5.75 Å². The van der Waals surface area contributed by atoms with Crippen molar-refractivity contribution in [2.75, 3.05) is 20.3 Å². The van der Waals surface area contributed by atoms with Crippen molar-refractivity contribution in [3.05, 3.63) is 29.8 Å². The highest BCUT2D eigenvalue weighted by atomic mass is 16.5. The first-order valence-electron chi connectivity index (χ1n) is 4.81. The van der Waals surface area contributed by atoms with Gasteiger partial charge in [-0.3, -0.25) is 4.79 Å². The fraction of sp³-hybridized carbons (Fsp3) is 0.364. The van der Waals surface area contributed by atoms with E-state index in [1.165, 1.54) is 0 Å². The van der Waals surface area contributed by atoms with E-state index in [0.29, 0.717) is 24.3 Å². The number of aliphatic hydroxyl groups is 1. The minimum Gasteiger partial charge on any atom is -0.497 e. The molecule has 0 radical (unpaired) electrons. The van der Waals surface area contributed by atoms with Crippen LogP contribution in [0.15, 0.2) is 24.3 Å². The molecule has 1 amide bonds. The van der Waals surface area contributed by atoms with E-state index in [1.807, 2.05) is 0 Å². The number of amides is 1. The van der Waals surface area contributed by atoms with Crippen LogP contribution < -0.4 is 10.1 Å². The van der Waals surface area contributed by atoms with E-state index in [2.05, 4.69) is 5.32 Å². The lowest BCUT2D eigenvalue weighted by Crippen LogP contribution is -2.24. The van der Waals surface area contributed by atoms with Crippen LogP contribution >= 0.6 is 0 Å². The fourth-order valence-electron chi connectivity index (χ4n) is 1.15. The van der Waals surface area contributed by atoms with Gasteiger partial charge in [-0.15, -0.1) is 0 Å². The molecule has 0 bridgehead atoms. The van der Waals surface area contributed by atoms with E-state index >= 15 is 0 Å². The Labute approximate surface area is 88.9 Å². The fourth-order valence-corrected chi connectivity index (χ4v) is 1.15. The third kappa shape index (κ3) is 3.59. The van der Waals surface area contributed by atoms with Crippen LogP contribution in [-0.4, -0.2) is 31.3 Å². The van der Waals surface area contributed by atoms with Crippen LogP contribution in [0.1, 0.15) is 16.8 Å². The predicted molar refractivity (Wildman–Crippen MR) is 57.0 cm³/mol. The maximum atomic E-state index is 11.5. The summed E-state index contributed by atoms with van der Waals surface area (Å²) in [4.78, 5) is 11.5. The topological polar surface area (TPSA) is 58.6 Å². The van der Waals surface area contributed by atoms with Gasteiger partial charge in [-0.2, -0.15) is 0 Å². The quantitative estimate of drug-likeness (QED) is 0.705. The van der Waals surface area contributed by atoms with Crippen molar-refractivity contribution < 1.29 is 14.6 Å². The average molecular weight is 209 g/mol. The van der Waals surface area contributed by atoms with Gasteiger partial charge >= 0.3 is 0 Å². The lowest BCUT2D eigenvalue weighted by molar-refractivity contribution is 0.0951. The van der Waals surface area contributed by atoms with E-state index in [9.17, 15) is 4.79 Å². The number of carbonyl (C=O) groups is 1. The number of aliphatic hydroxyl groups excluding tert-OH is 1. The molecule has 0 aliphatic rings. The lowest BCUT2D eigenvalue weighted by atomic mass is 10.2. The Hall–Kier alpha value is -1.55. The second-order valence-corrected chi connectivity index (χ2v) is 3.07. The average Bonchev–Trinajstić information content (AvgIpc) is 2.29. The maximum Gasteiger partial charge on any atom is 0.251 e. The zero-order valence-corrected chi connectivity index (χ0v) is 8.69. The number of ether oxygens (including phenoxy) is 1. The molecule has 1 aromatic rings. The standard InChI is InChI=1S/C11H15NO3/c1-15-10-5-2-4-9(8-10)11(14)12-6-3-7-13/h2,4-5,8,13H,3,6-7H2,1H3,(H,12,14). The third-order valence-electron chi connectivity index (χ3n) is 1.95. The van der Waals surface area contributed by atoms with Crippen molar-refractivity contribution in [3.8, 4) is 5.75 Å². The molecule has 0 aliphatic carbocycles. The van der Waals surface area contributed by atoms with Gasteiger partial charge in [-0.05, 0) is 24.6 Å². The van der Waals surface area contributed by atoms with Crippen molar-refractivity contribution in [2.45, 2.75) is 6.42 Å². The van der Waals surface area contributed by atoms with Gasteiger partial charge in [0.25, 0.3) is 5.91 Å². The van der Waals surface area contributed by atoms with Crippen LogP contribution in [-0.2, 0) is 0 Å². The van der Waals surface area contributed by atoms with E-state index in [-0.39, 0.29) is 12.5 Å². The molecule has 82 valence electrons. The highest BCUT2D eigenvalue weighted by molar-refractivity contribution is 5.94. The maximum absolute atomic E-state index is 11.5. The molecule has 0 saturated carbocycles. The molecule has 0 unspecified atom stereocenters. The molecule has 1 aromatic carbocycles. The van der Waals surface area contributed by atoms with E-state index in [1.54, 1.807) is 31.4 Å². The first kappa shape index (κ1) is 11.5. The summed E-state index contributed by atoms with van der Waals surface area (Å²) in [6, 6.07) is 6.94. The SMILES string of the molecule is COc1cccc(C(=O)NCCCO)c1. The molecule has 1 rings (SSSR count). The summed E-state index contributed by atoms with van der Waals surface area (Å²) < 4.78 is 5.01. The monoisotopic (exact) mass is 209 g/mol. The van der Waals surface area contributed by atoms with Gasteiger partial charge in [0.2, 0.25) is 0 Å². The number of hydrogen-bond acceptors (Lipinski definition) is 3. The van der Waals surface area contributed by atoms with Gasteiger partial charge in [0.05, 0.1) is 7.11 Å². The Morgan fingerprint density at radius 3 is 3.00 bits per heavy atom. The molecule has 0 aliphatic heterocycles. The summed E-state index contributed by atoms with van der Waals surface area (Å²) in [5.41, 5.74) is 0.562. The van der Waals surface area contributed by atoms with Gasteiger partial charge in [0.15, 0.2) is 0 Å². The zero-order chi connectivity index (χ0) is 11.1. The second kappa shape index (κ2) is 6.03. The second-order valence-electron chi connectivity index (χ2n) is 3.07. The van der Waals surface area contributed by atoms with Crippen molar-refractivity contribution in [3.63, 3.8) is 0 Å². The van der Waals surface area contributed by atoms with Crippen molar-refractivity contribution in [1.29, 1.82) is 0 Å². The van der Waals surface area contributed by atoms with Crippen molar-refractivity contribution >= 4 is 5.91 Å². The van der Waals surface area contributed by atoms with E-state index in [0.717, 1.165) is 0 Å². The van der Waals surface area contributed by atoms with Gasteiger partial charge in [-0.25, -0.2) is 0 Å². The van der Waals surface area contributed by atoms with Gasteiger partial charge in [-0.1, -0.05) is 6.07 Å². The summed E-state index contributed by atoms with van der Waals surface area (Å²) in [6.07, 6.45) is 0.565. The first-order chi connectivity index (χ1) is 7.27. The first-order valence-corrected chi connectivity index (χ1v) is 4.81. The highest BCUT2D eigenvalue weighted by Gasteiger charge is 2.04. The minimum atomic E-state index is -0.151. The number of nitrogens with one attached hydrogen (secondary N) is 1. The Morgan fingerprint density at radius 1 is 1.53 bits per heavy atom. The summed E-state index contributed by atoms with van der Waals surface area (Å²) in [5.74, 6) is 0.507. The molecule has 15 heavy (non-hydrogen) atoms. The normalized spacial score (nSPS) is 9.73. The van der Waals surface area contributed by atoms with Crippen LogP contribution in [0.5, 0.6) is 5.75 Å². The van der Waals surface area contributed by atoms with Gasteiger partial charge in [0, 0.05) is 18.7 Å². The Kier molecular flexibility index (Phi) is 4.63. The molecule has 0 saturated heterocycles. The Morgan fingerprint density at radius 2 is 2.33 bits per heavy atom. The number of rotatable bonds is 5. The van der Waals surface area contributed by atoms with Crippen LogP contribution in [0, 0.1) is 0 Å². The zero-order valence-electron chi connectivity index (χ0n) is 8.69.